The molecule has 0 radical (unpaired) electrons. The van der Waals surface area contributed by atoms with Gasteiger partial charge in [0.25, 0.3) is 6.43 Å². The lowest BCUT2D eigenvalue weighted by atomic mass is 9.29. The number of halogens is 3. The molecule has 174 valence electrons. The Kier molecular flexibility index (Phi) is 6.18. The molecule has 1 N–H and O–H groups in total. The fourth-order valence-corrected chi connectivity index (χ4v) is 5.93. The fourth-order valence-electron chi connectivity index (χ4n) is 4.68. The van der Waals surface area contributed by atoms with Crippen LogP contribution in [0, 0.1) is 11.7 Å². The second-order valence-electron chi connectivity index (χ2n) is 9.36. The van der Waals surface area contributed by atoms with E-state index >= 15 is 4.39 Å². The van der Waals surface area contributed by atoms with Crippen LogP contribution in [0.25, 0.3) is 0 Å². The van der Waals surface area contributed by atoms with Crippen LogP contribution >= 0.6 is 11.8 Å². The third-order valence-electron chi connectivity index (χ3n) is 7.10. The van der Waals surface area contributed by atoms with Gasteiger partial charge in [0.15, 0.2) is 0 Å². The van der Waals surface area contributed by atoms with E-state index in [-0.39, 0.29) is 6.61 Å². The number of rotatable bonds is 1. The number of alkyl halides is 2. The van der Waals surface area contributed by atoms with Crippen LogP contribution in [0.2, 0.25) is 0 Å². The minimum atomic E-state index is -2.65. The molecular formula is C21H29B2F3N2O3S. The van der Waals surface area contributed by atoms with Crippen LogP contribution in [0.3, 0.4) is 0 Å². The molecule has 1 aromatic carbocycles. The zero-order valence-corrected chi connectivity index (χ0v) is 20.1. The van der Waals surface area contributed by atoms with Crippen LogP contribution in [-0.2, 0) is 19.6 Å². The first-order valence-corrected chi connectivity index (χ1v) is 12.1. The first kappa shape index (κ1) is 24.0. The highest BCUT2D eigenvalue weighted by Crippen LogP contribution is 2.47. The second kappa shape index (κ2) is 8.25. The largest absolute Gasteiger partial charge is 0.433 e. The maximum atomic E-state index is 15.1. The van der Waals surface area contributed by atoms with Gasteiger partial charge >= 0.3 is 13.7 Å². The molecule has 3 fully saturated rings. The van der Waals surface area contributed by atoms with Crippen molar-refractivity contribution in [3.63, 3.8) is 0 Å². The molecule has 11 heteroatoms. The Bertz CT molecular complexity index is 920. The van der Waals surface area contributed by atoms with Gasteiger partial charge in [-0.25, -0.2) is 13.2 Å². The Morgan fingerprint density at radius 2 is 1.84 bits per heavy atom. The van der Waals surface area contributed by atoms with Crippen molar-refractivity contribution in [2.24, 2.45) is 10.8 Å². The van der Waals surface area contributed by atoms with Gasteiger partial charge in [0.2, 0.25) is 0 Å². The molecule has 0 saturated carbocycles. The first-order chi connectivity index (χ1) is 15.0. The van der Waals surface area contributed by atoms with Crippen LogP contribution in [0.4, 0.5) is 13.2 Å². The van der Waals surface area contributed by atoms with Crippen LogP contribution in [0.1, 0.15) is 47.1 Å². The van der Waals surface area contributed by atoms with E-state index in [1.165, 1.54) is 17.8 Å². The Morgan fingerprint density at radius 1 is 1.16 bits per heavy atom. The highest BCUT2D eigenvalue weighted by Gasteiger charge is 2.60. The number of hydrogen-bond donors (Lipinski definition) is 1. The number of hydrogen-bond acceptors (Lipinski definition) is 6. The van der Waals surface area contributed by atoms with E-state index in [1.54, 1.807) is 12.1 Å². The number of fused-ring (bicyclic) bond motifs is 5. The average Bonchev–Trinajstić information content (AvgIpc) is 3.13. The predicted octanol–water partition coefficient (Wildman–Crippen LogP) is 3.40. The molecule has 5 rings (SSSR count). The summed E-state index contributed by atoms with van der Waals surface area (Å²) < 4.78 is 60.7. The van der Waals surface area contributed by atoms with Crippen LogP contribution in [0.15, 0.2) is 23.1 Å². The molecule has 4 heterocycles. The van der Waals surface area contributed by atoms with Gasteiger partial charge in [-0.05, 0) is 33.8 Å². The van der Waals surface area contributed by atoms with Crippen molar-refractivity contribution in [3.05, 3.63) is 29.6 Å². The Labute approximate surface area is 192 Å². The normalized spacial score (nSPS) is 33.4. The van der Waals surface area contributed by atoms with E-state index in [1.807, 2.05) is 41.5 Å². The van der Waals surface area contributed by atoms with Crippen molar-refractivity contribution in [2.75, 3.05) is 12.4 Å². The smallest absolute Gasteiger partial charge is 0.424 e. The van der Waals surface area contributed by atoms with Gasteiger partial charge in [0.05, 0.1) is 23.3 Å². The number of amidine groups is 1. The van der Waals surface area contributed by atoms with E-state index < -0.39 is 54.8 Å². The molecule has 3 atom stereocenters. The lowest BCUT2D eigenvalue weighted by Crippen LogP contribution is -2.67. The molecule has 5 nitrogen and oxygen atoms in total. The minimum Gasteiger partial charge on any atom is -0.424 e. The molecule has 0 aromatic heterocycles. The van der Waals surface area contributed by atoms with Crippen LogP contribution in [-0.4, -0.2) is 55.0 Å². The van der Waals surface area contributed by atoms with Crippen molar-refractivity contribution in [2.45, 2.75) is 70.8 Å². The van der Waals surface area contributed by atoms with Gasteiger partial charge in [-0.2, -0.15) is 0 Å². The van der Waals surface area contributed by atoms with Crippen molar-refractivity contribution in [3.8, 4) is 0 Å². The number of benzene rings is 1. The second-order valence-corrected chi connectivity index (χ2v) is 10.4. The Balaban J connectivity index is 0.00000119. The minimum absolute atomic E-state index is 0.0549. The zero-order valence-electron chi connectivity index (χ0n) is 19.2. The number of ether oxygens (including phenoxy) is 1. The van der Waals surface area contributed by atoms with Crippen molar-refractivity contribution in [1.82, 2.24) is 5.32 Å². The van der Waals surface area contributed by atoms with Gasteiger partial charge < -0.3 is 19.4 Å². The molecular weight excluding hydrogens is 439 g/mol. The molecule has 32 heavy (non-hydrogen) atoms. The summed E-state index contributed by atoms with van der Waals surface area (Å²) in [6, 6.07) is 4.73. The van der Waals surface area contributed by atoms with E-state index in [2.05, 4.69) is 5.32 Å². The number of nitrogens with zero attached hydrogens (tertiary/aromatic N) is 1. The van der Waals surface area contributed by atoms with Gasteiger partial charge in [0.1, 0.15) is 17.1 Å². The van der Waals surface area contributed by atoms with E-state index in [0.29, 0.717) is 21.9 Å². The predicted molar refractivity (Wildman–Crippen MR) is 123 cm³/mol. The molecule has 4 aliphatic rings. The number of thioether (sulfide) groups is 1. The summed E-state index contributed by atoms with van der Waals surface area (Å²) >= 11 is 1.33. The third kappa shape index (κ3) is 3.60. The zero-order chi connectivity index (χ0) is 23.5. The van der Waals surface area contributed by atoms with Crippen LogP contribution < -0.4 is 10.8 Å². The summed E-state index contributed by atoms with van der Waals surface area (Å²) in [6.07, 6.45) is -3.91. The SMILES string of the molecule is CC.CC1(C)OB2/N=C3\NC4(COC(C(F)F)C4CS3)c3cc(ccc3F)B2OC1(C)C. The molecule has 3 unspecified atom stereocenters. The maximum Gasteiger partial charge on any atom is 0.433 e. The van der Waals surface area contributed by atoms with Crippen LogP contribution in [0.5, 0.6) is 0 Å². The topological polar surface area (TPSA) is 52.1 Å². The standard InChI is InChI=1S/C19H23B2F3N2O3S.C2H6/c1-17(2)18(3,4)29-21-20(28-17)10-5-6-13(22)11(7-10)19-9-27-14(15(23)24)12(19)8-30-16(25-19)26-21;1-2/h5-7,12,14-15H,8-9H2,1-4H3,(H,25,26);1-2H3. The molecule has 4 bridgehead atoms. The maximum absolute atomic E-state index is 15.1. The summed E-state index contributed by atoms with van der Waals surface area (Å²) in [7, 11) is 0. The monoisotopic (exact) mass is 468 g/mol. The highest BCUT2D eigenvalue weighted by molar-refractivity contribution is 8.14. The van der Waals surface area contributed by atoms with Gasteiger partial charge in [-0.3, -0.25) is 4.90 Å². The van der Waals surface area contributed by atoms with E-state index in [9.17, 15) is 8.78 Å². The molecule has 1 aromatic rings. The highest BCUT2D eigenvalue weighted by atomic mass is 32.2. The summed E-state index contributed by atoms with van der Waals surface area (Å²) in [5.74, 6) is -0.714. The Hall–Kier alpha value is -1.16. The van der Waals surface area contributed by atoms with E-state index in [4.69, 9.17) is 18.9 Å². The van der Waals surface area contributed by atoms with E-state index in [0.717, 1.165) is 0 Å². The van der Waals surface area contributed by atoms with Gasteiger partial charge in [-0.1, -0.05) is 43.2 Å². The third-order valence-corrected chi connectivity index (χ3v) is 8.11. The molecule has 0 aliphatic carbocycles. The molecule has 3 saturated heterocycles. The van der Waals surface area contributed by atoms with Gasteiger partial charge in [-0.15, -0.1) is 0 Å². The summed E-state index contributed by atoms with van der Waals surface area (Å²) in [5.41, 5.74) is -1.33. The lowest BCUT2D eigenvalue weighted by molar-refractivity contribution is -0.0888. The average molecular weight is 468 g/mol. The van der Waals surface area contributed by atoms with Crippen molar-refractivity contribution < 1.29 is 27.2 Å². The lowest BCUT2D eigenvalue weighted by Gasteiger charge is -2.49. The fraction of sp³-hybridized carbons (Fsp3) is 0.667. The summed E-state index contributed by atoms with van der Waals surface area (Å²) in [4.78, 5) is 4.77. The van der Waals surface area contributed by atoms with Gasteiger partial charge in [0, 0.05) is 17.2 Å². The number of nitrogens with one attached hydrogen (secondary N) is 1. The summed E-state index contributed by atoms with van der Waals surface area (Å²) in [5, 5.41) is 3.79. The molecule has 4 aliphatic heterocycles. The first-order valence-electron chi connectivity index (χ1n) is 11.1. The summed E-state index contributed by atoms with van der Waals surface area (Å²) in [6.45, 7) is 10.5. The quantitative estimate of drug-likeness (QED) is 0.641. The Morgan fingerprint density at radius 3 is 2.53 bits per heavy atom. The molecule has 1 spiro atoms. The van der Waals surface area contributed by atoms with Crippen molar-refractivity contribution in [1.29, 1.82) is 0 Å². The van der Waals surface area contributed by atoms with Crippen molar-refractivity contribution >= 4 is 36.1 Å². The molecule has 0 amide bonds.